The second-order valence-electron chi connectivity index (χ2n) is 5.14. The zero-order valence-corrected chi connectivity index (χ0v) is 10.4. The van der Waals surface area contributed by atoms with Crippen LogP contribution in [0.2, 0.25) is 0 Å². The summed E-state index contributed by atoms with van der Waals surface area (Å²) >= 11 is 5.00. The summed E-state index contributed by atoms with van der Waals surface area (Å²) in [4.78, 5) is 12.3. The lowest BCUT2D eigenvalue weighted by molar-refractivity contribution is -0.130. The Balaban J connectivity index is 1.71. The molecular weight excluding hydrogens is 220 g/mol. The molecule has 0 aromatic carbocycles. The van der Waals surface area contributed by atoms with Crippen molar-refractivity contribution in [1.29, 1.82) is 0 Å². The fourth-order valence-electron chi connectivity index (χ4n) is 2.28. The van der Waals surface area contributed by atoms with Crippen LogP contribution in [-0.4, -0.2) is 17.4 Å². The summed E-state index contributed by atoms with van der Waals surface area (Å²) < 4.78 is 0. The average molecular weight is 240 g/mol. The molecule has 2 rings (SSSR count). The zero-order valence-electron chi connectivity index (χ0n) is 9.63. The minimum atomic E-state index is -0.505. The first-order chi connectivity index (χ1) is 7.65. The highest BCUT2D eigenvalue weighted by Gasteiger charge is 2.46. The third kappa shape index (κ3) is 2.37. The highest BCUT2D eigenvalue weighted by Crippen LogP contribution is 2.41. The molecule has 3 N–H and O–H groups in total. The number of carbonyl (C=O) groups is 1. The maximum Gasteiger partial charge on any atom is 0.233 e. The third-order valence-electron chi connectivity index (χ3n) is 3.89. The number of nitrogens with one attached hydrogen (secondary N) is 1. The lowest BCUT2D eigenvalue weighted by Gasteiger charge is -2.39. The maximum atomic E-state index is 12.0. The highest BCUT2D eigenvalue weighted by molar-refractivity contribution is 7.80. The Hall–Kier alpha value is -0.640. The van der Waals surface area contributed by atoms with Crippen LogP contribution in [0.5, 0.6) is 0 Å². The van der Waals surface area contributed by atoms with Gasteiger partial charge in [-0.05, 0) is 31.6 Å². The fourth-order valence-corrected chi connectivity index (χ4v) is 2.58. The molecule has 90 valence electrons. The number of thiocarbonyl (C=S) groups is 1. The van der Waals surface area contributed by atoms with Crippen LogP contribution in [0.1, 0.15) is 44.9 Å². The minimum Gasteiger partial charge on any atom is -0.392 e. The second-order valence-corrected chi connectivity index (χ2v) is 5.58. The van der Waals surface area contributed by atoms with Gasteiger partial charge in [-0.1, -0.05) is 31.5 Å². The van der Waals surface area contributed by atoms with Crippen molar-refractivity contribution < 1.29 is 4.79 Å². The average Bonchev–Trinajstić information content (AvgIpc) is 2.93. The van der Waals surface area contributed by atoms with E-state index in [1.165, 1.54) is 19.3 Å². The predicted molar refractivity (Wildman–Crippen MR) is 68.0 cm³/mol. The Morgan fingerprint density at radius 2 is 2.12 bits per heavy atom. The van der Waals surface area contributed by atoms with Gasteiger partial charge in [-0.15, -0.1) is 0 Å². The van der Waals surface area contributed by atoms with Gasteiger partial charge in [0.1, 0.15) is 0 Å². The molecule has 1 amide bonds. The molecule has 3 nitrogen and oxygen atoms in total. The van der Waals surface area contributed by atoms with E-state index in [0.717, 1.165) is 38.1 Å². The largest absolute Gasteiger partial charge is 0.392 e. The van der Waals surface area contributed by atoms with Crippen molar-refractivity contribution in [3.05, 3.63) is 0 Å². The van der Waals surface area contributed by atoms with Crippen molar-refractivity contribution >= 4 is 23.1 Å². The van der Waals surface area contributed by atoms with Crippen molar-refractivity contribution in [2.45, 2.75) is 44.9 Å². The fraction of sp³-hybridized carbons (Fsp3) is 0.833. The molecular formula is C12H20N2OS. The Bertz CT molecular complexity index is 295. The number of nitrogens with two attached hydrogens (primary N) is 1. The van der Waals surface area contributed by atoms with Gasteiger partial charge in [-0.3, -0.25) is 4.79 Å². The molecule has 2 saturated carbocycles. The van der Waals surface area contributed by atoms with E-state index < -0.39 is 5.41 Å². The summed E-state index contributed by atoms with van der Waals surface area (Å²) in [7, 11) is 0. The first kappa shape index (κ1) is 11.8. The quantitative estimate of drug-likeness (QED) is 0.549. The van der Waals surface area contributed by atoms with Gasteiger partial charge in [0.05, 0.1) is 10.4 Å². The highest BCUT2D eigenvalue weighted by atomic mass is 32.1. The molecule has 2 fully saturated rings. The summed E-state index contributed by atoms with van der Waals surface area (Å²) in [6.07, 6.45) is 7.82. The summed E-state index contributed by atoms with van der Waals surface area (Å²) in [6, 6.07) is 0. The van der Waals surface area contributed by atoms with Gasteiger partial charge in [0.25, 0.3) is 0 Å². The number of carbonyl (C=O) groups excluding carboxylic acids is 1. The molecule has 2 aliphatic carbocycles. The van der Waals surface area contributed by atoms with Crippen LogP contribution >= 0.6 is 12.2 Å². The van der Waals surface area contributed by atoms with Gasteiger partial charge >= 0.3 is 0 Å². The van der Waals surface area contributed by atoms with Crippen LogP contribution in [0.3, 0.4) is 0 Å². The molecule has 4 heteroatoms. The van der Waals surface area contributed by atoms with Crippen LogP contribution < -0.4 is 11.1 Å². The van der Waals surface area contributed by atoms with Crippen molar-refractivity contribution in [3.63, 3.8) is 0 Å². The van der Waals surface area contributed by atoms with Crippen LogP contribution in [0.4, 0.5) is 0 Å². The lowest BCUT2D eigenvalue weighted by Crippen LogP contribution is -2.53. The molecule has 0 unspecified atom stereocenters. The molecule has 0 saturated heterocycles. The van der Waals surface area contributed by atoms with Crippen LogP contribution in [-0.2, 0) is 4.79 Å². The standard InChI is InChI=1S/C12H20N2OS/c13-10(16)12(6-2-7-12)11(15)14-8-1-3-9-4-5-9/h9H,1-8H2,(H2,13,16)(H,14,15). The van der Waals surface area contributed by atoms with Crippen molar-refractivity contribution in [2.75, 3.05) is 6.54 Å². The molecule has 0 aromatic rings. The van der Waals surface area contributed by atoms with Gasteiger partial charge in [-0.25, -0.2) is 0 Å². The van der Waals surface area contributed by atoms with Gasteiger partial charge in [0, 0.05) is 6.54 Å². The topological polar surface area (TPSA) is 55.1 Å². The Labute approximate surface area is 102 Å². The maximum absolute atomic E-state index is 12.0. The third-order valence-corrected chi connectivity index (χ3v) is 4.28. The van der Waals surface area contributed by atoms with E-state index in [9.17, 15) is 4.79 Å². The summed E-state index contributed by atoms with van der Waals surface area (Å²) in [5.41, 5.74) is 5.16. The van der Waals surface area contributed by atoms with E-state index in [4.69, 9.17) is 18.0 Å². The van der Waals surface area contributed by atoms with E-state index >= 15 is 0 Å². The van der Waals surface area contributed by atoms with Crippen molar-refractivity contribution in [3.8, 4) is 0 Å². The minimum absolute atomic E-state index is 0.0575. The Morgan fingerprint density at radius 3 is 2.56 bits per heavy atom. The van der Waals surface area contributed by atoms with Crippen molar-refractivity contribution in [2.24, 2.45) is 17.1 Å². The van der Waals surface area contributed by atoms with Crippen molar-refractivity contribution in [1.82, 2.24) is 5.32 Å². The van der Waals surface area contributed by atoms with E-state index in [1.54, 1.807) is 0 Å². The van der Waals surface area contributed by atoms with Gasteiger partial charge in [-0.2, -0.15) is 0 Å². The number of hydrogen-bond donors (Lipinski definition) is 2. The van der Waals surface area contributed by atoms with Gasteiger partial charge < -0.3 is 11.1 Å². The normalized spacial score (nSPS) is 22.2. The molecule has 0 aromatic heterocycles. The molecule has 16 heavy (non-hydrogen) atoms. The smallest absolute Gasteiger partial charge is 0.233 e. The predicted octanol–water partition coefficient (Wildman–Crippen LogP) is 1.75. The van der Waals surface area contributed by atoms with E-state index in [1.807, 2.05) is 0 Å². The van der Waals surface area contributed by atoms with Gasteiger partial charge in [0.2, 0.25) is 5.91 Å². The lowest BCUT2D eigenvalue weighted by atomic mass is 9.68. The summed E-state index contributed by atoms with van der Waals surface area (Å²) in [5, 5.41) is 2.98. The van der Waals surface area contributed by atoms with Crippen LogP contribution in [0.25, 0.3) is 0 Å². The molecule has 0 radical (unpaired) electrons. The first-order valence-electron chi connectivity index (χ1n) is 6.23. The summed E-state index contributed by atoms with van der Waals surface area (Å²) in [5.74, 6) is 0.993. The van der Waals surface area contributed by atoms with Gasteiger partial charge in [0.15, 0.2) is 0 Å². The molecule has 0 heterocycles. The Kier molecular flexibility index (Phi) is 3.47. The molecule has 0 bridgehead atoms. The molecule has 0 spiro atoms. The number of amides is 1. The van der Waals surface area contributed by atoms with Crippen LogP contribution in [0.15, 0.2) is 0 Å². The summed E-state index contributed by atoms with van der Waals surface area (Å²) in [6.45, 7) is 0.777. The Morgan fingerprint density at radius 1 is 1.44 bits per heavy atom. The number of rotatable bonds is 6. The zero-order chi connectivity index (χ0) is 11.6. The second kappa shape index (κ2) is 4.70. The van der Waals surface area contributed by atoms with E-state index in [-0.39, 0.29) is 5.91 Å². The van der Waals surface area contributed by atoms with Crippen LogP contribution in [0, 0.1) is 11.3 Å². The molecule has 0 aliphatic heterocycles. The number of hydrogen-bond acceptors (Lipinski definition) is 2. The molecule has 2 aliphatic rings. The SMILES string of the molecule is NC(=S)C1(C(=O)NCCCC2CC2)CCC1. The van der Waals surface area contributed by atoms with E-state index in [2.05, 4.69) is 5.32 Å². The molecule has 0 atom stereocenters. The first-order valence-corrected chi connectivity index (χ1v) is 6.64. The van der Waals surface area contributed by atoms with E-state index in [0.29, 0.717) is 4.99 Å². The monoisotopic (exact) mass is 240 g/mol.